The van der Waals surface area contributed by atoms with Crippen molar-refractivity contribution >= 4 is 29.0 Å². The zero-order valence-electron chi connectivity index (χ0n) is 18.7. The smallest absolute Gasteiger partial charge is 0.392 e. The van der Waals surface area contributed by atoms with E-state index >= 15 is 4.39 Å². The topological polar surface area (TPSA) is 87.1 Å². The van der Waals surface area contributed by atoms with E-state index in [1.807, 2.05) is 0 Å². The van der Waals surface area contributed by atoms with Gasteiger partial charge >= 0.3 is 12.2 Å². The number of urea groups is 1. The molecule has 2 aromatic rings. The van der Waals surface area contributed by atoms with E-state index in [1.165, 1.54) is 30.2 Å². The number of hydrogen-bond donors (Lipinski definition) is 2. The molecule has 0 bridgehead atoms. The molecule has 1 saturated heterocycles. The summed E-state index contributed by atoms with van der Waals surface area (Å²) < 4.78 is 54.6. The first-order valence-electron chi connectivity index (χ1n) is 10.9. The fourth-order valence-electron chi connectivity index (χ4n) is 4.19. The molecule has 2 amide bonds. The Morgan fingerprint density at radius 1 is 1.31 bits per heavy atom. The zero-order valence-corrected chi connectivity index (χ0v) is 19.5. The van der Waals surface area contributed by atoms with Crippen molar-refractivity contribution in [1.82, 2.24) is 9.88 Å². The van der Waals surface area contributed by atoms with Gasteiger partial charge in [0.05, 0.1) is 28.6 Å². The summed E-state index contributed by atoms with van der Waals surface area (Å²) in [4.78, 5) is 23.3. The van der Waals surface area contributed by atoms with Gasteiger partial charge in [-0.1, -0.05) is 16.8 Å². The van der Waals surface area contributed by atoms with Crippen LogP contribution in [0.15, 0.2) is 35.6 Å². The molecule has 7 nitrogen and oxygen atoms in total. The van der Waals surface area contributed by atoms with Gasteiger partial charge in [0.1, 0.15) is 0 Å². The number of pyridine rings is 1. The Bertz CT molecular complexity index is 1150. The van der Waals surface area contributed by atoms with Gasteiger partial charge in [0, 0.05) is 49.8 Å². The molecule has 0 spiro atoms. The fourth-order valence-corrected chi connectivity index (χ4v) is 4.52. The second-order valence-corrected chi connectivity index (χ2v) is 9.02. The van der Waals surface area contributed by atoms with Crippen molar-refractivity contribution in [3.05, 3.63) is 57.9 Å². The molecule has 4 rings (SSSR count). The quantitative estimate of drug-likeness (QED) is 0.560. The highest BCUT2D eigenvalue weighted by Crippen LogP contribution is 2.40. The maximum atomic E-state index is 15.8. The van der Waals surface area contributed by atoms with Crippen molar-refractivity contribution in [3.8, 4) is 0 Å². The minimum absolute atomic E-state index is 0.0112. The molecule has 188 valence electrons. The Morgan fingerprint density at radius 3 is 2.60 bits per heavy atom. The van der Waals surface area contributed by atoms with Crippen molar-refractivity contribution in [2.75, 3.05) is 25.0 Å². The number of nitrogens with zero attached hydrogens (tertiary/aromatic N) is 3. The first-order chi connectivity index (χ1) is 16.5. The van der Waals surface area contributed by atoms with Gasteiger partial charge < -0.3 is 20.2 Å². The average molecular weight is 515 g/mol. The highest BCUT2D eigenvalue weighted by Gasteiger charge is 2.41. The summed E-state index contributed by atoms with van der Waals surface area (Å²) in [6.07, 6.45) is -3.16. The second kappa shape index (κ2) is 9.62. The molecule has 1 fully saturated rings. The largest absolute Gasteiger partial charge is 0.416 e. The Morgan fingerprint density at radius 2 is 2.03 bits per heavy atom. The van der Waals surface area contributed by atoms with E-state index in [-0.39, 0.29) is 54.5 Å². The number of nitrogens with one attached hydrogen (secondary N) is 1. The highest BCUT2D eigenvalue weighted by atomic mass is 35.5. The monoisotopic (exact) mass is 514 g/mol. The lowest BCUT2D eigenvalue weighted by Crippen LogP contribution is -2.45. The van der Waals surface area contributed by atoms with Gasteiger partial charge in [-0.05, 0) is 36.8 Å². The van der Waals surface area contributed by atoms with Crippen LogP contribution in [0.1, 0.15) is 41.6 Å². The third-order valence-corrected chi connectivity index (χ3v) is 6.45. The molecule has 1 aromatic carbocycles. The molecule has 2 aliphatic heterocycles. The lowest BCUT2D eigenvalue weighted by atomic mass is 9.89. The number of amides is 2. The number of aromatic nitrogens is 1. The number of oxime groups is 1. The van der Waals surface area contributed by atoms with Gasteiger partial charge in [0.25, 0.3) is 0 Å². The molecule has 1 unspecified atom stereocenters. The number of anilines is 1. The van der Waals surface area contributed by atoms with E-state index in [4.69, 9.17) is 21.5 Å². The SMILES string of the molecule is Cc1cc(NC(=O)N2CCC(F)(c3ncc(C4=NOC(CO)C4)cc3Cl)CC2)ccc1C(F)(F)F. The van der Waals surface area contributed by atoms with Gasteiger partial charge in [-0.2, -0.15) is 13.2 Å². The van der Waals surface area contributed by atoms with E-state index in [2.05, 4.69) is 15.5 Å². The second-order valence-electron chi connectivity index (χ2n) is 8.62. The molecule has 2 aliphatic rings. The fraction of sp³-hybridized carbons (Fsp3) is 0.435. The van der Waals surface area contributed by atoms with E-state index in [9.17, 15) is 18.0 Å². The molecule has 1 aromatic heterocycles. The van der Waals surface area contributed by atoms with Crippen LogP contribution >= 0.6 is 11.6 Å². The van der Waals surface area contributed by atoms with Gasteiger partial charge in [0.15, 0.2) is 11.8 Å². The summed E-state index contributed by atoms with van der Waals surface area (Å²) in [5, 5.41) is 15.8. The summed E-state index contributed by atoms with van der Waals surface area (Å²) in [7, 11) is 0. The number of benzene rings is 1. The molecule has 1 atom stereocenters. The van der Waals surface area contributed by atoms with Crippen LogP contribution in [0.3, 0.4) is 0 Å². The number of piperidine rings is 1. The molecule has 0 radical (unpaired) electrons. The Kier molecular flexibility index (Phi) is 6.92. The Hall–Kier alpha value is -2.92. The summed E-state index contributed by atoms with van der Waals surface area (Å²) in [6.45, 7) is 1.28. The van der Waals surface area contributed by atoms with Crippen LogP contribution < -0.4 is 5.32 Å². The average Bonchev–Trinajstić information content (AvgIpc) is 3.28. The normalized spacial score (nSPS) is 19.8. The highest BCUT2D eigenvalue weighted by molar-refractivity contribution is 6.31. The third kappa shape index (κ3) is 5.35. The number of carbonyl (C=O) groups is 1. The van der Waals surface area contributed by atoms with Crippen LogP contribution in [0, 0.1) is 6.92 Å². The molecular weight excluding hydrogens is 492 g/mol. The van der Waals surface area contributed by atoms with Crippen LogP contribution in [0.2, 0.25) is 5.02 Å². The zero-order chi connectivity index (χ0) is 25.4. The Labute approximate surface area is 203 Å². The van der Waals surface area contributed by atoms with Gasteiger partial charge in [-0.15, -0.1) is 0 Å². The summed E-state index contributed by atoms with van der Waals surface area (Å²) in [6, 6.07) is 4.37. The van der Waals surface area contributed by atoms with Crippen molar-refractivity contribution in [1.29, 1.82) is 0 Å². The van der Waals surface area contributed by atoms with Crippen LogP contribution in [0.4, 0.5) is 28.0 Å². The lowest BCUT2D eigenvalue weighted by Gasteiger charge is -2.36. The van der Waals surface area contributed by atoms with E-state index in [1.54, 1.807) is 6.07 Å². The van der Waals surface area contributed by atoms with E-state index in [0.29, 0.717) is 17.7 Å². The molecule has 35 heavy (non-hydrogen) atoms. The number of carbonyl (C=O) groups excluding carboxylic acids is 1. The molecule has 0 aliphatic carbocycles. The van der Waals surface area contributed by atoms with Crippen molar-refractivity contribution in [3.63, 3.8) is 0 Å². The predicted octanol–water partition coefficient (Wildman–Crippen LogP) is 5.04. The van der Waals surface area contributed by atoms with Gasteiger partial charge in [-0.3, -0.25) is 4.98 Å². The number of aliphatic hydroxyl groups is 1. The maximum Gasteiger partial charge on any atom is 0.416 e. The summed E-state index contributed by atoms with van der Waals surface area (Å²) in [5.41, 5.74) is -1.21. The van der Waals surface area contributed by atoms with Crippen LogP contribution in [0.25, 0.3) is 0 Å². The number of likely N-dealkylation sites (tertiary alicyclic amines) is 1. The molecular formula is C23H23ClF4N4O3. The first kappa shape index (κ1) is 25.2. The number of rotatable bonds is 4. The number of halogens is 5. The molecule has 12 heteroatoms. The van der Waals surface area contributed by atoms with E-state index in [0.717, 1.165) is 6.07 Å². The number of aliphatic hydroxyl groups excluding tert-OH is 1. The Balaban J connectivity index is 1.39. The standard InChI is InChI=1S/C23H23ClF4N4O3/c1-13-8-15(2-3-17(13)23(26,27)28)30-21(34)32-6-4-22(25,5-7-32)20-18(24)9-14(11-29-20)19-10-16(12-33)35-31-19/h2-3,8-9,11,16,33H,4-7,10,12H2,1H3,(H,30,34). The van der Waals surface area contributed by atoms with Crippen LogP contribution in [-0.2, 0) is 16.7 Å². The third-order valence-electron chi connectivity index (χ3n) is 6.16. The van der Waals surface area contributed by atoms with E-state index < -0.39 is 29.5 Å². The van der Waals surface area contributed by atoms with Gasteiger partial charge in [-0.25, -0.2) is 9.18 Å². The predicted molar refractivity (Wildman–Crippen MR) is 121 cm³/mol. The lowest BCUT2D eigenvalue weighted by molar-refractivity contribution is -0.138. The number of hydrogen-bond acceptors (Lipinski definition) is 5. The number of aryl methyl sites for hydroxylation is 1. The van der Waals surface area contributed by atoms with Gasteiger partial charge in [0.2, 0.25) is 0 Å². The molecule has 0 saturated carbocycles. The van der Waals surface area contributed by atoms with Crippen molar-refractivity contribution in [2.24, 2.45) is 5.16 Å². The van der Waals surface area contributed by atoms with Crippen molar-refractivity contribution in [2.45, 2.75) is 44.1 Å². The van der Waals surface area contributed by atoms with Crippen LogP contribution in [0.5, 0.6) is 0 Å². The summed E-state index contributed by atoms with van der Waals surface area (Å²) >= 11 is 6.35. The molecule has 3 heterocycles. The minimum atomic E-state index is -4.47. The molecule has 2 N–H and O–H groups in total. The van der Waals surface area contributed by atoms with Crippen LogP contribution in [-0.4, -0.2) is 52.5 Å². The van der Waals surface area contributed by atoms with Crippen molar-refractivity contribution < 1.29 is 32.3 Å². The maximum absolute atomic E-state index is 15.8. The summed E-state index contributed by atoms with van der Waals surface area (Å²) in [5.74, 6) is 0. The number of alkyl halides is 4. The first-order valence-corrected chi connectivity index (χ1v) is 11.3. The minimum Gasteiger partial charge on any atom is -0.392 e.